The van der Waals surface area contributed by atoms with Crippen molar-refractivity contribution in [2.45, 2.75) is 39.4 Å². The van der Waals surface area contributed by atoms with Gasteiger partial charge in [-0.25, -0.2) is 0 Å². The molecule has 1 unspecified atom stereocenters. The summed E-state index contributed by atoms with van der Waals surface area (Å²) in [5.41, 5.74) is 0. The predicted octanol–water partition coefficient (Wildman–Crippen LogP) is 0.844. The number of aryl methyl sites for hydroxylation is 1. The third kappa shape index (κ3) is 3.52. The molecule has 0 N–H and O–H groups in total. The number of hydrogen-bond donors (Lipinski definition) is 0. The highest BCUT2D eigenvalue weighted by Gasteiger charge is 2.24. The molecule has 19 heavy (non-hydrogen) atoms. The summed E-state index contributed by atoms with van der Waals surface area (Å²) in [5, 5.41) is 8.47. The van der Waals surface area contributed by atoms with Crippen LogP contribution < -0.4 is 0 Å². The standard InChI is InChI=1S/C13H24N4O2/c1-4-17-11(2)14-15-13(17)9-16-6-8-19-10-12(16)5-7-18-3/h12H,4-10H2,1-3H3. The van der Waals surface area contributed by atoms with E-state index in [0.717, 1.165) is 57.5 Å². The number of hydrogen-bond acceptors (Lipinski definition) is 5. The van der Waals surface area contributed by atoms with Crippen LogP contribution in [-0.4, -0.2) is 59.2 Å². The van der Waals surface area contributed by atoms with E-state index in [2.05, 4.69) is 26.6 Å². The van der Waals surface area contributed by atoms with Crippen molar-refractivity contribution in [3.8, 4) is 0 Å². The molecule has 1 atom stereocenters. The molecule has 0 saturated carbocycles. The van der Waals surface area contributed by atoms with Gasteiger partial charge in [0.2, 0.25) is 0 Å². The quantitative estimate of drug-likeness (QED) is 0.765. The van der Waals surface area contributed by atoms with Gasteiger partial charge in [-0.15, -0.1) is 10.2 Å². The van der Waals surface area contributed by atoms with Crippen molar-refractivity contribution in [3.63, 3.8) is 0 Å². The molecule has 108 valence electrons. The zero-order valence-corrected chi connectivity index (χ0v) is 12.1. The minimum Gasteiger partial charge on any atom is -0.385 e. The van der Waals surface area contributed by atoms with Crippen molar-refractivity contribution in [1.82, 2.24) is 19.7 Å². The monoisotopic (exact) mass is 268 g/mol. The minimum absolute atomic E-state index is 0.413. The Bertz CT molecular complexity index is 394. The first-order chi connectivity index (χ1) is 9.26. The average Bonchev–Trinajstić information content (AvgIpc) is 2.78. The Morgan fingerprint density at radius 1 is 1.42 bits per heavy atom. The van der Waals surface area contributed by atoms with Crippen LogP contribution in [0, 0.1) is 6.92 Å². The molecule has 6 nitrogen and oxygen atoms in total. The molecule has 2 rings (SSSR count). The van der Waals surface area contributed by atoms with E-state index in [9.17, 15) is 0 Å². The van der Waals surface area contributed by atoms with E-state index in [-0.39, 0.29) is 0 Å². The molecule has 1 saturated heterocycles. The summed E-state index contributed by atoms with van der Waals surface area (Å²) in [7, 11) is 1.74. The Morgan fingerprint density at radius 3 is 3.00 bits per heavy atom. The second-order valence-corrected chi connectivity index (χ2v) is 4.89. The van der Waals surface area contributed by atoms with Gasteiger partial charge in [-0.3, -0.25) is 4.90 Å². The Balaban J connectivity index is 2.02. The van der Waals surface area contributed by atoms with Crippen LogP contribution in [0.15, 0.2) is 0 Å². The van der Waals surface area contributed by atoms with Gasteiger partial charge in [0.15, 0.2) is 0 Å². The van der Waals surface area contributed by atoms with Crippen LogP contribution in [0.4, 0.5) is 0 Å². The SMILES string of the molecule is CCn1c(C)nnc1CN1CCOCC1CCOC. The summed E-state index contributed by atoms with van der Waals surface area (Å²) in [6.07, 6.45) is 0.996. The number of ether oxygens (including phenoxy) is 2. The van der Waals surface area contributed by atoms with Crippen molar-refractivity contribution in [1.29, 1.82) is 0 Å². The van der Waals surface area contributed by atoms with E-state index in [1.807, 2.05) is 6.92 Å². The molecule has 0 spiro atoms. The highest BCUT2D eigenvalue weighted by Crippen LogP contribution is 2.14. The molecule has 1 aromatic heterocycles. The summed E-state index contributed by atoms with van der Waals surface area (Å²) >= 11 is 0. The molecule has 0 aliphatic carbocycles. The number of methoxy groups -OCH3 is 1. The lowest BCUT2D eigenvalue weighted by atomic mass is 10.1. The molecule has 1 aromatic rings. The zero-order valence-electron chi connectivity index (χ0n) is 12.1. The number of nitrogens with zero attached hydrogens (tertiary/aromatic N) is 4. The van der Waals surface area contributed by atoms with Crippen LogP contribution in [0.1, 0.15) is 25.0 Å². The summed E-state index contributed by atoms with van der Waals surface area (Å²) in [6, 6.07) is 0.413. The van der Waals surface area contributed by atoms with Gasteiger partial charge in [0.1, 0.15) is 11.6 Å². The second-order valence-electron chi connectivity index (χ2n) is 4.89. The maximum Gasteiger partial charge on any atom is 0.147 e. The number of rotatable bonds is 6. The van der Waals surface area contributed by atoms with E-state index in [1.54, 1.807) is 7.11 Å². The Morgan fingerprint density at radius 2 is 2.26 bits per heavy atom. The van der Waals surface area contributed by atoms with E-state index in [4.69, 9.17) is 9.47 Å². The zero-order chi connectivity index (χ0) is 13.7. The molecule has 1 fully saturated rings. The largest absolute Gasteiger partial charge is 0.385 e. The smallest absolute Gasteiger partial charge is 0.147 e. The van der Waals surface area contributed by atoms with E-state index in [0.29, 0.717) is 6.04 Å². The van der Waals surface area contributed by atoms with E-state index >= 15 is 0 Å². The second kappa shape index (κ2) is 6.98. The summed E-state index contributed by atoms with van der Waals surface area (Å²) in [4.78, 5) is 2.43. The molecule has 2 heterocycles. The maximum atomic E-state index is 5.57. The molecule has 0 bridgehead atoms. The summed E-state index contributed by atoms with van der Waals surface area (Å²) < 4.78 is 12.9. The molecule has 1 aliphatic heterocycles. The lowest BCUT2D eigenvalue weighted by Crippen LogP contribution is -2.45. The number of morpholine rings is 1. The summed E-state index contributed by atoms with van der Waals surface area (Å²) in [6.45, 7) is 9.18. The fraction of sp³-hybridized carbons (Fsp3) is 0.846. The van der Waals surface area contributed by atoms with Crippen LogP contribution in [-0.2, 0) is 22.6 Å². The van der Waals surface area contributed by atoms with Crippen LogP contribution in [0.5, 0.6) is 0 Å². The fourth-order valence-electron chi connectivity index (χ4n) is 2.55. The first kappa shape index (κ1) is 14.4. The van der Waals surface area contributed by atoms with Gasteiger partial charge in [0.25, 0.3) is 0 Å². The van der Waals surface area contributed by atoms with Gasteiger partial charge < -0.3 is 14.0 Å². The fourth-order valence-corrected chi connectivity index (χ4v) is 2.55. The van der Waals surface area contributed by atoms with Crippen LogP contribution >= 0.6 is 0 Å². The molecule has 0 amide bonds. The molecule has 0 radical (unpaired) electrons. The Labute approximate surface area is 114 Å². The predicted molar refractivity (Wildman–Crippen MR) is 71.9 cm³/mol. The van der Waals surface area contributed by atoms with Gasteiger partial charge >= 0.3 is 0 Å². The lowest BCUT2D eigenvalue weighted by molar-refractivity contribution is -0.0233. The van der Waals surface area contributed by atoms with Crippen LogP contribution in [0.3, 0.4) is 0 Å². The topological polar surface area (TPSA) is 52.4 Å². The molecular weight excluding hydrogens is 244 g/mol. The summed E-state index contributed by atoms with van der Waals surface area (Å²) in [5.74, 6) is 2.03. The normalized spacial score (nSPS) is 20.9. The van der Waals surface area contributed by atoms with Gasteiger partial charge in [0, 0.05) is 32.8 Å². The molecule has 6 heteroatoms. The van der Waals surface area contributed by atoms with Crippen molar-refractivity contribution in [2.75, 3.05) is 33.5 Å². The van der Waals surface area contributed by atoms with Crippen LogP contribution in [0.25, 0.3) is 0 Å². The van der Waals surface area contributed by atoms with E-state index in [1.165, 1.54) is 0 Å². The third-order valence-electron chi connectivity index (χ3n) is 3.68. The lowest BCUT2D eigenvalue weighted by Gasteiger charge is -2.35. The Hall–Kier alpha value is -0.980. The third-order valence-corrected chi connectivity index (χ3v) is 3.68. The maximum absolute atomic E-state index is 5.57. The van der Waals surface area contributed by atoms with Gasteiger partial charge in [-0.1, -0.05) is 0 Å². The highest BCUT2D eigenvalue weighted by atomic mass is 16.5. The molecular formula is C13H24N4O2. The Kier molecular flexibility index (Phi) is 5.30. The number of aromatic nitrogens is 3. The average molecular weight is 268 g/mol. The van der Waals surface area contributed by atoms with Crippen molar-refractivity contribution < 1.29 is 9.47 Å². The van der Waals surface area contributed by atoms with Crippen molar-refractivity contribution in [3.05, 3.63) is 11.6 Å². The first-order valence-electron chi connectivity index (χ1n) is 6.95. The van der Waals surface area contributed by atoms with Gasteiger partial charge in [-0.05, 0) is 20.3 Å². The minimum atomic E-state index is 0.413. The van der Waals surface area contributed by atoms with Gasteiger partial charge in [-0.2, -0.15) is 0 Å². The van der Waals surface area contributed by atoms with E-state index < -0.39 is 0 Å². The van der Waals surface area contributed by atoms with Crippen molar-refractivity contribution in [2.24, 2.45) is 0 Å². The highest BCUT2D eigenvalue weighted by molar-refractivity contribution is 4.95. The van der Waals surface area contributed by atoms with Crippen molar-refractivity contribution >= 4 is 0 Å². The first-order valence-corrected chi connectivity index (χ1v) is 6.95. The molecule has 0 aromatic carbocycles. The molecule has 1 aliphatic rings. The van der Waals surface area contributed by atoms with Gasteiger partial charge in [0.05, 0.1) is 19.8 Å². The van der Waals surface area contributed by atoms with Crippen LogP contribution in [0.2, 0.25) is 0 Å².